The van der Waals surface area contributed by atoms with Crippen molar-refractivity contribution in [2.45, 2.75) is 19.6 Å². The number of nitrogens with two attached hydrogens (primary N) is 1. The van der Waals surface area contributed by atoms with E-state index in [1.54, 1.807) is 0 Å². The van der Waals surface area contributed by atoms with E-state index in [0.29, 0.717) is 12.1 Å². The Morgan fingerprint density at radius 1 is 0.727 bits per heavy atom. The molecule has 0 bridgehead atoms. The van der Waals surface area contributed by atoms with Crippen LogP contribution < -0.4 is 11.1 Å². The van der Waals surface area contributed by atoms with Crippen molar-refractivity contribution in [3.63, 3.8) is 0 Å². The van der Waals surface area contributed by atoms with Crippen LogP contribution in [0.1, 0.15) is 0 Å². The van der Waals surface area contributed by atoms with Crippen LogP contribution in [0.5, 0.6) is 5.75 Å². The van der Waals surface area contributed by atoms with Crippen molar-refractivity contribution < 1.29 is 52.4 Å². The minimum Gasteiger partial charge on any atom is -0.505 e. The van der Waals surface area contributed by atoms with Crippen LogP contribution in [0.4, 0.5) is 40.1 Å². The fourth-order valence-electron chi connectivity index (χ4n) is 4.69. The van der Waals surface area contributed by atoms with Crippen molar-refractivity contribution in [3.8, 4) is 5.75 Å². The summed E-state index contributed by atoms with van der Waals surface area (Å²) >= 11 is 11.5. The third-order valence-electron chi connectivity index (χ3n) is 7.00. The first-order valence-electron chi connectivity index (χ1n) is 14.3. The highest BCUT2D eigenvalue weighted by Crippen LogP contribution is 2.48. The first-order chi connectivity index (χ1) is 25.5. The van der Waals surface area contributed by atoms with Gasteiger partial charge >= 0.3 is 0 Å². The Bertz CT molecular complexity index is 2910. The number of azo groups is 2. The molecule has 288 valence electrons. The molecule has 0 aliphatic rings. The third-order valence-corrected chi connectivity index (χ3v) is 11.6. The van der Waals surface area contributed by atoms with E-state index in [2.05, 4.69) is 47.3 Å². The Morgan fingerprint density at radius 2 is 1.27 bits per heavy atom. The zero-order valence-corrected chi connectivity index (χ0v) is 31.6. The third kappa shape index (κ3) is 9.18. The van der Waals surface area contributed by atoms with Gasteiger partial charge in [-0.05, 0) is 83.2 Å². The number of aromatic nitrogens is 3. The number of phenols is 1. The van der Waals surface area contributed by atoms with Gasteiger partial charge in [0.1, 0.15) is 31.7 Å². The second-order valence-electron chi connectivity index (χ2n) is 10.7. The van der Waals surface area contributed by atoms with E-state index >= 15 is 0 Å². The lowest BCUT2D eigenvalue weighted by atomic mass is 10.1. The Balaban J connectivity index is 1.70. The second kappa shape index (κ2) is 15.1. The van der Waals surface area contributed by atoms with Gasteiger partial charge < -0.3 is 16.2 Å². The zero-order valence-electron chi connectivity index (χ0n) is 26.8. The summed E-state index contributed by atoms with van der Waals surface area (Å²) in [5.74, 6) is -1.77. The smallest absolute Gasteiger partial charge is 0.296 e. The molecule has 0 unspecified atom stereocenters. The van der Waals surface area contributed by atoms with E-state index in [4.69, 9.17) is 28.9 Å². The average molecular weight is 875 g/mol. The predicted molar refractivity (Wildman–Crippen MR) is 196 cm³/mol. The van der Waals surface area contributed by atoms with Crippen molar-refractivity contribution in [1.82, 2.24) is 15.0 Å². The molecular formula is C28H21Cl2N9O12S4. The van der Waals surface area contributed by atoms with Crippen LogP contribution in [0.25, 0.3) is 10.8 Å². The second-order valence-corrected chi connectivity index (χ2v) is 17.6. The highest BCUT2D eigenvalue weighted by atomic mass is 35.5. The molecule has 7 N–H and O–H groups in total. The number of anilines is 3. The molecule has 0 saturated carbocycles. The van der Waals surface area contributed by atoms with Crippen LogP contribution in [0.15, 0.2) is 107 Å². The molecule has 0 aliphatic carbocycles. The zero-order chi connectivity index (χ0) is 40.7. The lowest BCUT2D eigenvalue weighted by molar-refractivity contribution is 0.472. The summed E-state index contributed by atoms with van der Waals surface area (Å²) in [6, 6.07) is 8.93. The summed E-state index contributed by atoms with van der Waals surface area (Å²) in [6.45, 7) is 3.38. The fourth-order valence-corrected chi connectivity index (χ4v) is 8.04. The summed E-state index contributed by atoms with van der Waals surface area (Å²) in [6.07, 6.45) is 1.18. The van der Waals surface area contributed by atoms with Crippen molar-refractivity contribution in [2.24, 2.45) is 20.5 Å². The molecule has 55 heavy (non-hydrogen) atoms. The quantitative estimate of drug-likeness (QED) is 0.0368. The summed E-state index contributed by atoms with van der Waals surface area (Å²) in [7, 11) is -19.4. The number of rotatable bonds is 12. The van der Waals surface area contributed by atoms with Gasteiger partial charge in [-0.15, -0.1) is 21.9 Å². The molecule has 0 fully saturated rings. The lowest BCUT2D eigenvalue weighted by Gasteiger charge is -2.14. The fraction of sp³-hybridized carbons (Fsp3) is 0.0357. The molecule has 0 aliphatic heterocycles. The van der Waals surface area contributed by atoms with Crippen molar-refractivity contribution in [3.05, 3.63) is 77.8 Å². The normalized spacial score (nSPS) is 12.8. The number of nitrogen functional groups attached to an aromatic ring is 1. The molecule has 0 amide bonds. The number of halogens is 2. The molecule has 0 spiro atoms. The van der Waals surface area contributed by atoms with Crippen LogP contribution in [0.2, 0.25) is 10.6 Å². The van der Waals surface area contributed by atoms with E-state index in [1.807, 2.05) is 0 Å². The van der Waals surface area contributed by atoms with Crippen LogP contribution in [-0.4, -0.2) is 73.1 Å². The Labute approximate surface area is 320 Å². The number of nitrogens with zero attached hydrogens (tertiary/aromatic N) is 7. The molecule has 0 saturated heterocycles. The largest absolute Gasteiger partial charge is 0.505 e. The molecule has 0 radical (unpaired) electrons. The summed E-state index contributed by atoms with van der Waals surface area (Å²) in [5, 5.41) is 27.2. The van der Waals surface area contributed by atoms with Gasteiger partial charge in [0, 0.05) is 5.69 Å². The maximum Gasteiger partial charge on any atom is 0.296 e. The van der Waals surface area contributed by atoms with Crippen molar-refractivity contribution in [1.29, 1.82) is 0 Å². The van der Waals surface area contributed by atoms with Gasteiger partial charge in [0.2, 0.25) is 16.5 Å². The number of benzene rings is 4. The molecule has 5 aromatic rings. The van der Waals surface area contributed by atoms with Crippen molar-refractivity contribution in [2.75, 3.05) is 16.8 Å². The summed E-state index contributed by atoms with van der Waals surface area (Å²) in [4.78, 5) is 7.92. The molecule has 1 aromatic heterocycles. The monoisotopic (exact) mass is 873 g/mol. The Kier molecular flexibility index (Phi) is 11.2. The standard InChI is InChI=1S/C28H21Cl2N9O12S4/c1-2-9-52(41,42)16-6-3-14(4-7-16)36-38-23-19(54(46,47)48)10-13-11-20(55(49,50)51)24(25(40)21(13)22(23)31)39-37-17-12-15(5-8-18(17)53(43,44)45)32-28-34-26(29)33-27(30)35-28/h2-8,10-12,40H,1,9,31H2,(H,43,44,45)(H,46,47,48)(H,49,50,51)(H,32,33,34,35)/b38-36+,39-37+. The molecule has 21 nitrogen and oxygen atoms in total. The van der Waals surface area contributed by atoms with Gasteiger partial charge in [-0.3, -0.25) is 13.7 Å². The molecule has 0 atom stereocenters. The van der Waals surface area contributed by atoms with Gasteiger partial charge in [0.25, 0.3) is 30.4 Å². The number of hydrogen-bond acceptors (Lipinski definition) is 18. The molecule has 27 heteroatoms. The number of phenolic OH excluding ortho intramolecular Hbond substituents is 1. The van der Waals surface area contributed by atoms with Crippen molar-refractivity contribution >= 4 is 114 Å². The summed E-state index contributed by atoms with van der Waals surface area (Å²) < 4.78 is 129. The minimum absolute atomic E-state index is 0.0255. The van der Waals surface area contributed by atoms with E-state index in [0.717, 1.165) is 18.2 Å². The van der Waals surface area contributed by atoms with Crippen LogP contribution >= 0.6 is 23.2 Å². The number of fused-ring (bicyclic) bond motifs is 1. The molecular weight excluding hydrogens is 854 g/mol. The average Bonchev–Trinajstić information content (AvgIpc) is 3.05. The number of hydrogen-bond donors (Lipinski definition) is 6. The van der Waals surface area contributed by atoms with Gasteiger partial charge in [0.15, 0.2) is 15.6 Å². The Hall–Kier alpha value is -5.25. The highest BCUT2D eigenvalue weighted by molar-refractivity contribution is 7.91. The highest BCUT2D eigenvalue weighted by Gasteiger charge is 2.28. The molecule has 1 heterocycles. The van der Waals surface area contributed by atoms with Crippen LogP contribution in [-0.2, 0) is 40.2 Å². The summed E-state index contributed by atoms with van der Waals surface area (Å²) in [5.41, 5.74) is 2.86. The first kappa shape index (κ1) is 40.9. The molecule has 4 aromatic carbocycles. The van der Waals surface area contributed by atoms with Gasteiger partial charge in [-0.1, -0.05) is 6.08 Å². The molecule has 5 rings (SSSR count). The maximum atomic E-state index is 12.5. The van der Waals surface area contributed by atoms with Gasteiger partial charge in [0.05, 0.1) is 27.4 Å². The van der Waals surface area contributed by atoms with E-state index in [1.165, 1.54) is 30.3 Å². The Morgan fingerprint density at radius 3 is 1.82 bits per heavy atom. The number of nitrogens with one attached hydrogen (secondary N) is 1. The predicted octanol–water partition coefficient (Wildman–Crippen LogP) is 5.89. The van der Waals surface area contributed by atoms with Crippen LogP contribution in [0.3, 0.4) is 0 Å². The van der Waals surface area contributed by atoms with E-state index < -0.39 is 94.1 Å². The maximum absolute atomic E-state index is 12.5. The van der Waals surface area contributed by atoms with Gasteiger partial charge in [-0.25, -0.2) is 8.42 Å². The SMILES string of the molecule is C=CCS(=O)(=O)c1ccc(/N=N/c2c(S(=O)(=O)O)cc3cc(S(=O)(=O)O)c(/N=N/c4cc(Nc5nc(Cl)nc(Cl)n5)ccc4S(=O)(=O)O)c(O)c3c2N)cc1. The van der Waals surface area contributed by atoms with Crippen LogP contribution in [0, 0.1) is 0 Å². The minimum atomic E-state index is -5.37. The number of sulfone groups is 1. The van der Waals surface area contributed by atoms with E-state index in [-0.39, 0.29) is 38.5 Å². The number of aromatic hydroxyl groups is 1. The lowest BCUT2D eigenvalue weighted by Crippen LogP contribution is -2.04. The topological polar surface area (TPSA) is 344 Å². The van der Waals surface area contributed by atoms with E-state index in [9.17, 15) is 52.4 Å². The van der Waals surface area contributed by atoms with Gasteiger partial charge in [-0.2, -0.15) is 45.3 Å². The first-order valence-corrected chi connectivity index (χ1v) is 21.0.